The first-order valence-corrected chi connectivity index (χ1v) is 21.5. The average Bonchev–Trinajstić information content (AvgIpc) is 3.93. The van der Waals surface area contributed by atoms with E-state index in [1.54, 1.807) is 42.5 Å². The maximum Gasteiger partial charge on any atom is 0.408 e. The number of carbonyl (C=O) groups is 4. The first-order chi connectivity index (χ1) is 30.1. The lowest BCUT2D eigenvalue weighted by Gasteiger charge is -2.29. The van der Waals surface area contributed by atoms with Crippen molar-refractivity contribution in [1.82, 2.24) is 20.5 Å². The molecule has 7 rings (SSSR count). The SMILES string of the molecule is NC(N)=Nc1ccc(C[C@H](NC(=O)[C@@H]2C[C@@H](OCC3CCCCC3)CN2C(=O)[C@@H](CCc2ccccc2)NC(=O)OCc2ccccc2)C(=O)c2nc3ccccc3o2)c(Cl)c1. The van der Waals surface area contributed by atoms with E-state index < -0.39 is 47.9 Å². The van der Waals surface area contributed by atoms with E-state index in [-0.39, 0.29) is 49.3 Å². The Morgan fingerprint density at radius 1 is 0.871 bits per heavy atom. The highest BCUT2D eigenvalue weighted by atomic mass is 35.5. The predicted molar refractivity (Wildman–Crippen MR) is 236 cm³/mol. The van der Waals surface area contributed by atoms with Crippen molar-refractivity contribution in [2.45, 2.75) is 88.6 Å². The van der Waals surface area contributed by atoms with Crippen molar-refractivity contribution >= 4 is 58.0 Å². The highest BCUT2D eigenvalue weighted by molar-refractivity contribution is 6.31. The molecular formula is C47H52ClN7O7. The van der Waals surface area contributed by atoms with Crippen molar-refractivity contribution in [1.29, 1.82) is 0 Å². The molecule has 4 aromatic carbocycles. The van der Waals surface area contributed by atoms with Crippen LogP contribution in [-0.2, 0) is 38.5 Å². The third kappa shape index (κ3) is 11.8. The lowest BCUT2D eigenvalue weighted by Crippen LogP contribution is -2.55. The van der Waals surface area contributed by atoms with Gasteiger partial charge in [-0.1, -0.05) is 110 Å². The fourth-order valence-electron chi connectivity index (χ4n) is 8.10. The van der Waals surface area contributed by atoms with Crippen LogP contribution in [0.1, 0.15) is 72.3 Å². The van der Waals surface area contributed by atoms with E-state index in [1.807, 2.05) is 60.7 Å². The number of oxazole rings is 1. The number of fused-ring (bicyclic) bond motifs is 1. The van der Waals surface area contributed by atoms with Crippen LogP contribution in [0, 0.1) is 5.92 Å². The number of alkyl carbamates (subject to hydrolysis) is 1. The lowest BCUT2D eigenvalue weighted by atomic mass is 9.90. The number of ether oxygens (including phenoxy) is 2. The summed E-state index contributed by atoms with van der Waals surface area (Å²) in [5.74, 6) is -1.61. The number of likely N-dealkylation sites (tertiary alicyclic amines) is 1. The van der Waals surface area contributed by atoms with E-state index in [1.165, 1.54) is 11.3 Å². The van der Waals surface area contributed by atoms with Crippen LogP contribution in [0.4, 0.5) is 10.5 Å². The van der Waals surface area contributed by atoms with Gasteiger partial charge in [-0.3, -0.25) is 14.4 Å². The average molecular weight is 862 g/mol. The van der Waals surface area contributed by atoms with Crippen molar-refractivity contribution in [2.75, 3.05) is 13.2 Å². The zero-order valence-electron chi connectivity index (χ0n) is 34.4. The van der Waals surface area contributed by atoms with Gasteiger partial charge in [-0.05, 0) is 72.6 Å². The van der Waals surface area contributed by atoms with Gasteiger partial charge >= 0.3 is 6.09 Å². The minimum atomic E-state index is -1.22. The number of nitrogens with two attached hydrogens (primary N) is 2. The van der Waals surface area contributed by atoms with Gasteiger partial charge in [0.05, 0.1) is 11.8 Å². The third-order valence-corrected chi connectivity index (χ3v) is 11.7. The fraction of sp³-hybridized carbons (Fsp3) is 0.362. The maximum absolute atomic E-state index is 14.8. The third-order valence-electron chi connectivity index (χ3n) is 11.4. The molecule has 15 heteroatoms. The Kier molecular flexibility index (Phi) is 14.9. The van der Waals surface area contributed by atoms with E-state index in [2.05, 4.69) is 20.6 Å². The van der Waals surface area contributed by atoms with Crippen molar-refractivity contribution in [2.24, 2.45) is 22.4 Å². The van der Waals surface area contributed by atoms with Crippen LogP contribution < -0.4 is 22.1 Å². The summed E-state index contributed by atoms with van der Waals surface area (Å²) in [5.41, 5.74) is 14.7. The number of amides is 3. The number of ketones is 1. The molecule has 0 unspecified atom stereocenters. The largest absolute Gasteiger partial charge is 0.445 e. The molecule has 1 saturated carbocycles. The van der Waals surface area contributed by atoms with Crippen LogP contribution in [0.3, 0.4) is 0 Å². The molecule has 0 spiro atoms. The molecule has 1 aliphatic carbocycles. The second-order valence-corrected chi connectivity index (χ2v) is 16.3. The molecule has 1 aliphatic heterocycles. The van der Waals surface area contributed by atoms with E-state index in [9.17, 15) is 19.2 Å². The van der Waals surface area contributed by atoms with Gasteiger partial charge < -0.3 is 40.9 Å². The number of carbonyl (C=O) groups excluding carboxylic acids is 4. The Bertz CT molecular complexity index is 2320. The number of para-hydroxylation sites is 2. The van der Waals surface area contributed by atoms with Crippen molar-refractivity contribution in [3.63, 3.8) is 0 Å². The minimum Gasteiger partial charge on any atom is -0.445 e. The number of Topliss-reactive ketones (excluding diaryl/α,β-unsaturated/α-hetero) is 1. The van der Waals surface area contributed by atoms with Gasteiger partial charge in [0.1, 0.15) is 30.2 Å². The quantitative estimate of drug-likeness (QED) is 0.0438. The number of rotatable bonds is 17. The van der Waals surface area contributed by atoms with Gasteiger partial charge in [-0.15, -0.1) is 0 Å². The summed E-state index contributed by atoms with van der Waals surface area (Å²) >= 11 is 6.70. The number of halogens is 1. The predicted octanol–water partition coefficient (Wildman–Crippen LogP) is 6.79. The van der Waals surface area contributed by atoms with Crippen molar-refractivity contribution in [3.05, 3.63) is 131 Å². The molecule has 0 radical (unpaired) electrons. The zero-order valence-corrected chi connectivity index (χ0v) is 35.2. The van der Waals surface area contributed by atoms with Gasteiger partial charge in [0.2, 0.25) is 17.6 Å². The molecule has 2 fully saturated rings. The Labute approximate surface area is 365 Å². The summed E-state index contributed by atoms with van der Waals surface area (Å²) in [5, 5.41) is 6.00. The van der Waals surface area contributed by atoms with Crippen LogP contribution >= 0.6 is 11.6 Å². The second kappa shape index (κ2) is 21.0. The Morgan fingerprint density at radius 3 is 2.29 bits per heavy atom. The zero-order chi connectivity index (χ0) is 43.4. The Morgan fingerprint density at radius 2 is 1.58 bits per heavy atom. The molecular weight excluding hydrogens is 810 g/mol. The summed E-state index contributed by atoms with van der Waals surface area (Å²) in [4.78, 5) is 67.1. The van der Waals surface area contributed by atoms with Crippen LogP contribution in [0.15, 0.2) is 113 Å². The number of aliphatic imine (C=N–C) groups is 1. The smallest absolute Gasteiger partial charge is 0.408 e. The Hall–Kier alpha value is -6.25. The van der Waals surface area contributed by atoms with Gasteiger partial charge in [-0.2, -0.15) is 0 Å². The normalized spacial score (nSPS) is 17.5. The summed E-state index contributed by atoms with van der Waals surface area (Å²) < 4.78 is 17.9. The number of guanidine groups is 1. The highest BCUT2D eigenvalue weighted by Gasteiger charge is 2.44. The number of nitrogens with one attached hydrogen (secondary N) is 2. The maximum atomic E-state index is 14.8. The van der Waals surface area contributed by atoms with Crippen LogP contribution in [0.25, 0.3) is 11.1 Å². The topological polar surface area (TPSA) is 204 Å². The minimum absolute atomic E-state index is 0.00856. The van der Waals surface area contributed by atoms with Crippen molar-refractivity contribution in [3.8, 4) is 0 Å². The van der Waals surface area contributed by atoms with Gasteiger partial charge in [-0.25, -0.2) is 14.8 Å². The molecule has 62 heavy (non-hydrogen) atoms. The van der Waals surface area contributed by atoms with Gasteiger partial charge in [0, 0.05) is 31.0 Å². The summed E-state index contributed by atoms with van der Waals surface area (Å²) in [6.45, 7) is 0.623. The molecule has 3 amide bonds. The molecule has 2 heterocycles. The number of nitrogens with zero attached hydrogens (tertiary/aromatic N) is 3. The standard InChI is InChI=1S/C47H52ClN7O7/c48-36-25-34(51-46(49)50)22-21-33(36)24-39(42(56)44-53-37-18-10-11-19-41(37)62-44)52-43(57)40-26-35(60-28-31-14-6-2-7-15-31)27-55(40)45(58)38(23-20-30-12-4-1-5-13-30)54-47(59)61-29-32-16-8-3-9-17-32/h1,3-5,8-13,16-19,21-22,25,31,35,38-40H,2,6-7,14-15,20,23-24,26-29H2,(H,52,57)(H,54,59)(H4,49,50,51)/t35-,38-,39+,40+/m1/s1. The fourth-order valence-corrected chi connectivity index (χ4v) is 8.35. The summed E-state index contributed by atoms with van der Waals surface area (Å²) in [7, 11) is 0. The number of hydrogen-bond donors (Lipinski definition) is 4. The number of hydrogen-bond acceptors (Lipinski definition) is 9. The number of benzene rings is 4. The number of aromatic nitrogens is 1. The molecule has 324 valence electrons. The monoisotopic (exact) mass is 861 g/mol. The van der Waals surface area contributed by atoms with Crippen LogP contribution in [-0.4, -0.2) is 76.9 Å². The van der Waals surface area contributed by atoms with Crippen LogP contribution in [0.5, 0.6) is 0 Å². The van der Waals surface area contributed by atoms with E-state index in [0.717, 1.165) is 36.8 Å². The molecule has 2 aliphatic rings. The van der Waals surface area contributed by atoms with E-state index in [0.29, 0.717) is 41.3 Å². The molecule has 6 N–H and O–H groups in total. The molecule has 14 nitrogen and oxygen atoms in total. The van der Waals surface area contributed by atoms with Crippen molar-refractivity contribution < 1.29 is 33.1 Å². The first-order valence-electron chi connectivity index (χ1n) is 21.1. The lowest BCUT2D eigenvalue weighted by molar-refractivity contribution is -0.140. The van der Waals surface area contributed by atoms with E-state index in [4.69, 9.17) is 37.0 Å². The molecule has 1 aromatic heterocycles. The number of aryl methyl sites for hydroxylation is 1. The molecule has 0 bridgehead atoms. The molecule has 5 aromatic rings. The second-order valence-electron chi connectivity index (χ2n) is 15.9. The Balaban J connectivity index is 1.16. The van der Waals surface area contributed by atoms with Gasteiger partial charge in [0.15, 0.2) is 11.5 Å². The molecule has 4 atom stereocenters. The van der Waals surface area contributed by atoms with E-state index >= 15 is 0 Å². The first kappa shape index (κ1) is 43.8. The summed E-state index contributed by atoms with van der Waals surface area (Å²) in [6, 6.07) is 27.4. The molecule has 1 saturated heterocycles. The highest BCUT2D eigenvalue weighted by Crippen LogP contribution is 2.29. The van der Waals surface area contributed by atoms with Gasteiger partial charge in [0.25, 0.3) is 5.89 Å². The van der Waals surface area contributed by atoms with Crippen LogP contribution in [0.2, 0.25) is 5.02 Å². The summed E-state index contributed by atoms with van der Waals surface area (Å²) in [6.07, 6.45) is 5.17.